The molecule has 3 heterocycles. The van der Waals surface area contributed by atoms with Crippen LogP contribution in [0.1, 0.15) is 37.3 Å². The lowest BCUT2D eigenvalue weighted by Gasteiger charge is -2.23. The summed E-state index contributed by atoms with van der Waals surface area (Å²) in [5.41, 5.74) is 1.40. The molecular weight excluding hydrogens is 468 g/mol. The largest absolute Gasteiger partial charge is 0.493 e. The standard InChI is InChI=1S/C23H21ClN2O4S2/c1-4-29-16-9-8-15(24)11-14(16)12-18-21(27)26-20(17-7-6-10-31-17)19(22(28)30-5-2)13(3)25-23(26)32-18/h6-12,20H,4-5H2,1-3H3/b18-12-/t20-/m1/s1. The minimum Gasteiger partial charge on any atom is -0.493 e. The van der Waals surface area contributed by atoms with Crippen LogP contribution in [0.3, 0.4) is 0 Å². The zero-order valence-electron chi connectivity index (χ0n) is 17.8. The Kier molecular flexibility index (Phi) is 6.64. The van der Waals surface area contributed by atoms with Gasteiger partial charge >= 0.3 is 5.97 Å². The highest BCUT2D eigenvalue weighted by atomic mass is 35.5. The van der Waals surface area contributed by atoms with Crippen molar-refractivity contribution in [2.24, 2.45) is 4.99 Å². The van der Waals surface area contributed by atoms with Gasteiger partial charge in [-0.1, -0.05) is 29.0 Å². The average Bonchev–Trinajstić information content (AvgIpc) is 3.38. The minimum absolute atomic E-state index is 0.233. The summed E-state index contributed by atoms with van der Waals surface area (Å²) < 4.78 is 13.0. The molecule has 1 aliphatic rings. The van der Waals surface area contributed by atoms with E-state index < -0.39 is 12.0 Å². The van der Waals surface area contributed by atoms with E-state index in [0.717, 1.165) is 4.88 Å². The van der Waals surface area contributed by atoms with Crippen LogP contribution in [0.15, 0.2) is 56.8 Å². The van der Waals surface area contributed by atoms with Crippen molar-refractivity contribution in [2.45, 2.75) is 26.8 Å². The van der Waals surface area contributed by atoms with Crippen molar-refractivity contribution in [1.82, 2.24) is 4.57 Å². The zero-order chi connectivity index (χ0) is 22.8. The van der Waals surface area contributed by atoms with E-state index in [1.54, 1.807) is 42.7 Å². The molecule has 0 aliphatic carbocycles. The number of rotatable bonds is 6. The van der Waals surface area contributed by atoms with Gasteiger partial charge in [0.15, 0.2) is 4.80 Å². The van der Waals surface area contributed by atoms with E-state index in [0.29, 0.717) is 43.5 Å². The topological polar surface area (TPSA) is 69.9 Å². The van der Waals surface area contributed by atoms with Gasteiger partial charge in [-0.3, -0.25) is 9.36 Å². The Morgan fingerprint density at radius 2 is 2.09 bits per heavy atom. The predicted octanol–water partition coefficient (Wildman–Crippen LogP) is 3.91. The molecule has 3 aromatic rings. The van der Waals surface area contributed by atoms with Gasteiger partial charge in [-0.25, -0.2) is 9.79 Å². The van der Waals surface area contributed by atoms with Crippen molar-refractivity contribution in [2.75, 3.05) is 13.2 Å². The molecule has 9 heteroatoms. The molecule has 0 amide bonds. The Morgan fingerprint density at radius 3 is 2.78 bits per heavy atom. The molecule has 0 fully saturated rings. The van der Waals surface area contributed by atoms with Crippen LogP contribution in [0, 0.1) is 0 Å². The molecule has 0 radical (unpaired) electrons. The Hall–Kier alpha value is -2.68. The quantitative estimate of drug-likeness (QED) is 0.493. The summed E-state index contributed by atoms with van der Waals surface area (Å²) in [7, 11) is 0. The number of hydrogen-bond acceptors (Lipinski definition) is 7. The molecule has 166 valence electrons. The summed E-state index contributed by atoms with van der Waals surface area (Å²) in [6, 6.07) is 8.52. The van der Waals surface area contributed by atoms with Gasteiger partial charge in [0.25, 0.3) is 5.56 Å². The third kappa shape index (κ3) is 4.18. The third-order valence-electron chi connectivity index (χ3n) is 4.89. The number of benzene rings is 1. The number of carbonyl (C=O) groups excluding carboxylic acids is 1. The molecule has 2 aromatic heterocycles. The van der Waals surface area contributed by atoms with E-state index in [4.69, 9.17) is 21.1 Å². The van der Waals surface area contributed by atoms with Crippen molar-refractivity contribution in [3.8, 4) is 5.75 Å². The summed E-state index contributed by atoms with van der Waals surface area (Å²) in [5.74, 6) is 0.177. The van der Waals surface area contributed by atoms with E-state index in [1.165, 1.54) is 22.7 Å². The molecule has 32 heavy (non-hydrogen) atoms. The molecular formula is C23H21ClN2O4S2. The zero-order valence-corrected chi connectivity index (χ0v) is 20.1. The molecule has 4 rings (SSSR count). The summed E-state index contributed by atoms with van der Waals surface area (Å²) in [4.78, 5) is 32.3. The van der Waals surface area contributed by atoms with E-state index >= 15 is 0 Å². The van der Waals surface area contributed by atoms with Gasteiger partial charge in [0.1, 0.15) is 11.8 Å². The molecule has 1 aromatic carbocycles. The van der Waals surface area contributed by atoms with Gasteiger partial charge < -0.3 is 9.47 Å². The number of halogens is 1. The molecule has 0 saturated heterocycles. The minimum atomic E-state index is -0.585. The van der Waals surface area contributed by atoms with Crippen molar-refractivity contribution >= 4 is 46.3 Å². The molecule has 1 atom stereocenters. The first-order chi connectivity index (χ1) is 15.4. The fourth-order valence-electron chi connectivity index (χ4n) is 3.57. The lowest BCUT2D eigenvalue weighted by Crippen LogP contribution is -2.39. The Balaban J connectivity index is 1.94. The average molecular weight is 489 g/mol. The fourth-order valence-corrected chi connectivity index (χ4v) is 5.61. The van der Waals surface area contributed by atoms with Crippen molar-refractivity contribution in [1.29, 1.82) is 0 Å². The summed E-state index contributed by atoms with van der Waals surface area (Å²) in [5, 5.41) is 2.47. The second-order valence-corrected chi connectivity index (χ2v) is 9.36. The van der Waals surface area contributed by atoms with E-state index in [9.17, 15) is 9.59 Å². The number of fused-ring (bicyclic) bond motifs is 1. The fraction of sp³-hybridized carbons (Fsp3) is 0.261. The van der Waals surface area contributed by atoms with Crippen LogP contribution >= 0.6 is 34.3 Å². The molecule has 0 unspecified atom stereocenters. The number of esters is 1. The first-order valence-electron chi connectivity index (χ1n) is 10.1. The SMILES string of the molecule is CCOC(=O)C1=C(C)N=c2s/c(=C\c3cc(Cl)ccc3OCC)c(=O)n2[C@@H]1c1cccs1. The van der Waals surface area contributed by atoms with Gasteiger partial charge in [-0.05, 0) is 56.5 Å². The highest BCUT2D eigenvalue weighted by Crippen LogP contribution is 2.33. The van der Waals surface area contributed by atoms with Gasteiger partial charge in [0.05, 0.1) is 29.0 Å². The van der Waals surface area contributed by atoms with Gasteiger partial charge in [0, 0.05) is 15.5 Å². The van der Waals surface area contributed by atoms with Crippen LogP contribution in [0.2, 0.25) is 5.02 Å². The number of ether oxygens (including phenoxy) is 2. The second-order valence-electron chi connectivity index (χ2n) is 6.93. The third-order valence-corrected chi connectivity index (χ3v) is 7.03. The normalized spacial score (nSPS) is 16.0. The number of nitrogens with zero attached hydrogens (tertiary/aromatic N) is 2. The first-order valence-corrected chi connectivity index (χ1v) is 12.2. The van der Waals surface area contributed by atoms with E-state index in [1.807, 2.05) is 24.4 Å². The number of thiazole rings is 1. The van der Waals surface area contributed by atoms with Crippen molar-refractivity contribution in [3.05, 3.63) is 82.1 Å². The van der Waals surface area contributed by atoms with Crippen LogP contribution < -0.4 is 19.6 Å². The van der Waals surface area contributed by atoms with Gasteiger partial charge in [-0.15, -0.1) is 11.3 Å². The van der Waals surface area contributed by atoms with Crippen molar-refractivity contribution < 1.29 is 14.3 Å². The lowest BCUT2D eigenvalue weighted by molar-refractivity contribution is -0.139. The molecule has 0 saturated carbocycles. The molecule has 0 N–H and O–H groups in total. The van der Waals surface area contributed by atoms with Crippen LogP contribution in [0.25, 0.3) is 6.08 Å². The summed E-state index contributed by atoms with van der Waals surface area (Å²) >= 11 is 8.94. The monoisotopic (exact) mass is 488 g/mol. The molecule has 0 bridgehead atoms. The Bertz CT molecular complexity index is 1370. The second kappa shape index (κ2) is 9.44. The van der Waals surface area contributed by atoms with Gasteiger partial charge in [-0.2, -0.15) is 0 Å². The highest BCUT2D eigenvalue weighted by Gasteiger charge is 2.33. The maximum Gasteiger partial charge on any atom is 0.338 e. The molecule has 6 nitrogen and oxygen atoms in total. The number of thiophene rings is 1. The van der Waals surface area contributed by atoms with E-state index in [-0.39, 0.29) is 12.2 Å². The first kappa shape index (κ1) is 22.5. The Morgan fingerprint density at radius 1 is 1.28 bits per heavy atom. The van der Waals surface area contributed by atoms with Crippen molar-refractivity contribution in [3.63, 3.8) is 0 Å². The van der Waals surface area contributed by atoms with Crippen LogP contribution in [-0.2, 0) is 9.53 Å². The van der Waals surface area contributed by atoms with Gasteiger partial charge in [0.2, 0.25) is 0 Å². The predicted molar refractivity (Wildman–Crippen MR) is 127 cm³/mol. The molecule has 0 spiro atoms. The summed E-state index contributed by atoms with van der Waals surface area (Å²) in [6.07, 6.45) is 1.76. The number of allylic oxidation sites excluding steroid dienone is 1. The number of aromatic nitrogens is 1. The summed E-state index contributed by atoms with van der Waals surface area (Å²) in [6.45, 7) is 6.15. The number of hydrogen-bond donors (Lipinski definition) is 0. The Labute approximate surface area is 197 Å². The van der Waals surface area contributed by atoms with Crippen LogP contribution in [-0.4, -0.2) is 23.8 Å². The highest BCUT2D eigenvalue weighted by molar-refractivity contribution is 7.10. The van der Waals surface area contributed by atoms with Crippen LogP contribution in [0.4, 0.5) is 0 Å². The van der Waals surface area contributed by atoms with Crippen LogP contribution in [0.5, 0.6) is 5.75 Å². The molecule has 1 aliphatic heterocycles. The van der Waals surface area contributed by atoms with E-state index in [2.05, 4.69) is 4.99 Å². The maximum absolute atomic E-state index is 13.5. The maximum atomic E-state index is 13.5. The number of carbonyl (C=O) groups is 1. The lowest BCUT2D eigenvalue weighted by atomic mass is 10.0. The smallest absolute Gasteiger partial charge is 0.338 e.